The summed E-state index contributed by atoms with van der Waals surface area (Å²) < 4.78 is 10.8. The average molecular weight is 443 g/mol. The first-order valence-corrected chi connectivity index (χ1v) is 10.5. The highest BCUT2D eigenvalue weighted by Gasteiger charge is 2.47. The number of ether oxygens (including phenoxy) is 2. The molecule has 0 radical (unpaired) electrons. The van der Waals surface area contributed by atoms with Gasteiger partial charge in [0.15, 0.2) is 0 Å². The number of amides is 1. The fourth-order valence-corrected chi connectivity index (χ4v) is 4.09. The van der Waals surface area contributed by atoms with Crippen LogP contribution in [0.15, 0.2) is 72.3 Å². The Morgan fingerprint density at radius 1 is 0.879 bits per heavy atom. The van der Waals surface area contributed by atoms with Crippen molar-refractivity contribution in [1.82, 2.24) is 0 Å². The van der Waals surface area contributed by atoms with Crippen LogP contribution in [0, 0.1) is 13.8 Å². The van der Waals surface area contributed by atoms with E-state index in [9.17, 15) is 14.7 Å². The minimum absolute atomic E-state index is 0.00372. The maximum absolute atomic E-state index is 13.3. The number of carbonyl (C=O) groups excluding carboxylic acids is 2. The van der Waals surface area contributed by atoms with Crippen molar-refractivity contribution < 1.29 is 24.2 Å². The quantitative estimate of drug-likeness (QED) is 0.343. The van der Waals surface area contributed by atoms with E-state index in [2.05, 4.69) is 0 Å². The molecule has 1 unspecified atom stereocenters. The molecule has 4 rings (SSSR count). The molecule has 0 bridgehead atoms. The number of carbonyl (C=O) groups is 2. The van der Waals surface area contributed by atoms with Crippen LogP contribution in [0.1, 0.15) is 28.3 Å². The monoisotopic (exact) mass is 443 g/mol. The molecular weight excluding hydrogens is 418 g/mol. The molecule has 0 spiro atoms. The van der Waals surface area contributed by atoms with E-state index in [4.69, 9.17) is 9.47 Å². The lowest BCUT2D eigenvalue weighted by Crippen LogP contribution is -2.29. The van der Waals surface area contributed by atoms with Crippen LogP contribution in [0.25, 0.3) is 5.76 Å². The summed E-state index contributed by atoms with van der Waals surface area (Å²) in [7, 11) is 3.04. The molecule has 1 amide bonds. The summed E-state index contributed by atoms with van der Waals surface area (Å²) in [4.78, 5) is 28.1. The molecule has 1 aliphatic rings. The van der Waals surface area contributed by atoms with Gasteiger partial charge in [-0.2, -0.15) is 0 Å². The molecule has 1 atom stereocenters. The smallest absolute Gasteiger partial charge is 0.300 e. The lowest BCUT2D eigenvalue weighted by atomic mass is 9.94. The zero-order chi connectivity index (χ0) is 23.7. The molecule has 168 valence electrons. The first-order valence-electron chi connectivity index (χ1n) is 10.5. The molecule has 1 N–H and O–H groups in total. The van der Waals surface area contributed by atoms with Crippen molar-refractivity contribution in [3.8, 4) is 11.5 Å². The van der Waals surface area contributed by atoms with Crippen molar-refractivity contribution in [2.45, 2.75) is 19.9 Å². The van der Waals surface area contributed by atoms with E-state index in [0.717, 1.165) is 11.1 Å². The lowest BCUT2D eigenvalue weighted by molar-refractivity contribution is -0.132. The molecule has 0 saturated carbocycles. The Labute approximate surface area is 192 Å². The van der Waals surface area contributed by atoms with E-state index < -0.39 is 17.7 Å². The normalized spacial score (nSPS) is 17.3. The topological polar surface area (TPSA) is 76.1 Å². The SMILES string of the molecule is COc1cccc(C2/C(=C(\O)c3ccccc3OC)C(=O)C(=O)N2c2ccc(C)c(C)c2)c1. The van der Waals surface area contributed by atoms with Gasteiger partial charge in [-0.25, -0.2) is 0 Å². The number of ketones is 1. The summed E-state index contributed by atoms with van der Waals surface area (Å²) in [5, 5.41) is 11.3. The molecule has 3 aromatic carbocycles. The van der Waals surface area contributed by atoms with Crippen molar-refractivity contribution in [2.75, 3.05) is 19.1 Å². The van der Waals surface area contributed by atoms with E-state index >= 15 is 0 Å². The van der Waals surface area contributed by atoms with Crippen LogP contribution >= 0.6 is 0 Å². The van der Waals surface area contributed by atoms with Crippen LogP contribution in [0.3, 0.4) is 0 Å². The highest BCUT2D eigenvalue weighted by atomic mass is 16.5. The maximum Gasteiger partial charge on any atom is 0.300 e. The molecular formula is C27H25NO5. The second-order valence-electron chi connectivity index (χ2n) is 7.91. The van der Waals surface area contributed by atoms with Gasteiger partial charge in [-0.05, 0) is 66.9 Å². The highest BCUT2D eigenvalue weighted by Crippen LogP contribution is 2.44. The lowest BCUT2D eigenvalue weighted by Gasteiger charge is -2.26. The van der Waals surface area contributed by atoms with E-state index in [0.29, 0.717) is 28.3 Å². The Morgan fingerprint density at radius 2 is 1.64 bits per heavy atom. The van der Waals surface area contributed by atoms with Crippen molar-refractivity contribution >= 4 is 23.1 Å². The summed E-state index contributed by atoms with van der Waals surface area (Å²) in [5.41, 5.74) is 3.61. The van der Waals surface area contributed by atoms with Crippen LogP contribution < -0.4 is 14.4 Å². The van der Waals surface area contributed by atoms with Crippen LogP contribution in [0.5, 0.6) is 11.5 Å². The number of aryl methyl sites for hydroxylation is 2. The average Bonchev–Trinajstić information content (AvgIpc) is 3.10. The standard InChI is InChI=1S/C27H25NO5/c1-16-12-13-19(14-17(16)2)28-24(18-8-7-9-20(15-18)32-3)23(26(30)27(28)31)25(29)21-10-5-6-11-22(21)33-4/h5-15,24,29H,1-4H3/b25-23+. The molecule has 0 aromatic heterocycles. The predicted octanol–water partition coefficient (Wildman–Crippen LogP) is 4.95. The van der Waals surface area contributed by atoms with Crippen molar-refractivity contribution in [3.63, 3.8) is 0 Å². The number of benzene rings is 3. The number of nitrogens with zero attached hydrogens (tertiary/aromatic N) is 1. The summed E-state index contributed by atoms with van der Waals surface area (Å²) in [6.07, 6.45) is 0. The second-order valence-corrected chi connectivity index (χ2v) is 7.91. The van der Waals surface area contributed by atoms with Crippen LogP contribution in [0.4, 0.5) is 5.69 Å². The first kappa shape index (κ1) is 22.1. The molecule has 1 saturated heterocycles. The van der Waals surface area contributed by atoms with Crippen molar-refractivity contribution in [2.24, 2.45) is 0 Å². The fraction of sp³-hybridized carbons (Fsp3) is 0.185. The van der Waals surface area contributed by atoms with E-state index in [1.54, 1.807) is 49.6 Å². The minimum Gasteiger partial charge on any atom is -0.507 e. The van der Waals surface area contributed by atoms with Gasteiger partial charge in [-0.15, -0.1) is 0 Å². The van der Waals surface area contributed by atoms with Crippen molar-refractivity contribution in [1.29, 1.82) is 0 Å². The molecule has 1 fully saturated rings. The Morgan fingerprint density at radius 3 is 2.33 bits per heavy atom. The van der Waals surface area contributed by atoms with Gasteiger partial charge in [-0.1, -0.05) is 30.3 Å². The minimum atomic E-state index is -0.841. The van der Waals surface area contributed by atoms with Gasteiger partial charge in [0.2, 0.25) is 0 Å². The second kappa shape index (κ2) is 8.82. The number of aliphatic hydroxyl groups excluding tert-OH is 1. The number of aliphatic hydroxyl groups is 1. The molecule has 1 aliphatic heterocycles. The summed E-state index contributed by atoms with van der Waals surface area (Å²) in [6, 6.07) is 18.7. The highest BCUT2D eigenvalue weighted by molar-refractivity contribution is 6.51. The zero-order valence-corrected chi connectivity index (χ0v) is 19.0. The first-order chi connectivity index (χ1) is 15.9. The van der Waals surface area contributed by atoms with Gasteiger partial charge in [0, 0.05) is 5.69 Å². The Kier molecular flexibility index (Phi) is 5.92. The number of hydrogen-bond acceptors (Lipinski definition) is 5. The van der Waals surface area contributed by atoms with Crippen LogP contribution in [0.2, 0.25) is 0 Å². The van der Waals surface area contributed by atoms with Gasteiger partial charge < -0.3 is 14.6 Å². The summed E-state index contributed by atoms with van der Waals surface area (Å²) in [6.45, 7) is 3.93. The third-order valence-electron chi connectivity index (χ3n) is 5.98. The zero-order valence-electron chi connectivity index (χ0n) is 19.0. The molecule has 6 heteroatoms. The van der Waals surface area contributed by atoms with Crippen LogP contribution in [-0.2, 0) is 9.59 Å². The molecule has 6 nitrogen and oxygen atoms in total. The van der Waals surface area contributed by atoms with Gasteiger partial charge in [0.25, 0.3) is 11.7 Å². The fourth-order valence-electron chi connectivity index (χ4n) is 4.09. The Hall–Kier alpha value is -4.06. The number of para-hydroxylation sites is 1. The van der Waals surface area contributed by atoms with Gasteiger partial charge in [0.05, 0.1) is 31.4 Å². The molecule has 3 aromatic rings. The van der Waals surface area contributed by atoms with Gasteiger partial charge in [-0.3, -0.25) is 14.5 Å². The maximum atomic E-state index is 13.3. The Bertz CT molecular complexity index is 1280. The third-order valence-corrected chi connectivity index (χ3v) is 5.98. The summed E-state index contributed by atoms with van der Waals surface area (Å²) in [5.74, 6) is -0.774. The van der Waals surface area contributed by atoms with E-state index in [1.807, 2.05) is 38.1 Å². The van der Waals surface area contributed by atoms with E-state index in [-0.39, 0.29) is 11.3 Å². The Balaban J connectivity index is 1.99. The number of Topliss-reactive ketones (excluding diaryl/α,β-unsaturated/α-hetero) is 1. The third kappa shape index (κ3) is 3.84. The summed E-state index contributed by atoms with van der Waals surface area (Å²) >= 11 is 0. The number of anilines is 1. The number of rotatable bonds is 5. The number of hydrogen-bond donors (Lipinski definition) is 1. The van der Waals surface area contributed by atoms with Crippen molar-refractivity contribution in [3.05, 3.63) is 94.6 Å². The van der Waals surface area contributed by atoms with Gasteiger partial charge in [0.1, 0.15) is 17.3 Å². The molecule has 33 heavy (non-hydrogen) atoms. The predicted molar refractivity (Wildman–Crippen MR) is 127 cm³/mol. The molecule has 0 aliphatic carbocycles. The van der Waals surface area contributed by atoms with Gasteiger partial charge >= 0.3 is 0 Å². The van der Waals surface area contributed by atoms with E-state index in [1.165, 1.54) is 12.0 Å². The number of methoxy groups -OCH3 is 2. The molecule has 1 heterocycles. The van der Waals surface area contributed by atoms with Crippen LogP contribution in [-0.4, -0.2) is 31.0 Å². The largest absolute Gasteiger partial charge is 0.507 e.